The minimum atomic E-state index is -0.303. The first kappa shape index (κ1) is 12.9. The molecule has 4 rings (SSSR count). The molecule has 3 heteroatoms. The molecule has 0 saturated heterocycles. The van der Waals surface area contributed by atoms with E-state index in [0.29, 0.717) is 5.56 Å². The fourth-order valence-electron chi connectivity index (χ4n) is 3.08. The highest BCUT2D eigenvalue weighted by molar-refractivity contribution is 5.98. The lowest BCUT2D eigenvalue weighted by atomic mass is 9.92. The lowest BCUT2D eigenvalue weighted by Gasteiger charge is -2.23. The highest BCUT2D eigenvalue weighted by Gasteiger charge is 2.17. The first-order chi connectivity index (χ1) is 10.8. The lowest BCUT2D eigenvalue weighted by molar-refractivity contribution is 0.0601. The second-order valence-electron chi connectivity index (χ2n) is 5.48. The Labute approximate surface area is 128 Å². The van der Waals surface area contributed by atoms with Crippen molar-refractivity contribution in [1.29, 1.82) is 0 Å². The van der Waals surface area contributed by atoms with E-state index < -0.39 is 0 Å². The zero-order valence-electron chi connectivity index (χ0n) is 12.2. The van der Waals surface area contributed by atoms with E-state index in [-0.39, 0.29) is 5.97 Å². The normalized spacial score (nSPS) is 12.2. The Balaban J connectivity index is 1.86. The second kappa shape index (κ2) is 4.88. The largest absolute Gasteiger partial charge is 0.465 e. The van der Waals surface area contributed by atoms with E-state index in [1.54, 1.807) is 0 Å². The van der Waals surface area contributed by atoms with Crippen molar-refractivity contribution >= 4 is 28.1 Å². The molecule has 0 aliphatic carbocycles. The molecule has 3 nitrogen and oxygen atoms in total. The maximum Gasteiger partial charge on any atom is 0.337 e. The van der Waals surface area contributed by atoms with Crippen LogP contribution in [0.25, 0.3) is 10.8 Å². The zero-order chi connectivity index (χ0) is 15.1. The molecule has 3 aromatic carbocycles. The lowest BCUT2D eigenvalue weighted by Crippen LogP contribution is -2.07. The van der Waals surface area contributed by atoms with Gasteiger partial charge in [-0.3, -0.25) is 0 Å². The molecule has 1 heterocycles. The van der Waals surface area contributed by atoms with Crippen molar-refractivity contribution in [3.63, 3.8) is 0 Å². The molecule has 0 saturated carbocycles. The third kappa shape index (κ3) is 1.94. The summed E-state index contributed by atoms with van der Waals surface area (Å²) < 4.78 is 4.79. The van der Waals surface area contributed by atoms with Crippen LogP contribution in [0, 0.1) is 0 Å². The molecule has 0 amide bonds. The number of para-hydroxylation sites is 1. The van der Waals surface area contributed by atoms with Gasteiger partial charge in [0, 0.05) is 17.8 Å². The summed E-state index contributed by atoms with van der Waals surface area (Å²) in [6.07, 6.45) is 0.896. The Hall–Kier alpha value is -2.81. The summed E-state index contributed by atoms with van der Waals surface area (Å²) in [5, 5.41) is 5.72. The molecular formula is C19H15NO2. The van der Waals surface area contributed by atoms with Crippen LogP contribution in [0.2, 0.25) is 0 Å². The fourth-order valence-corrected chi connectivity index (χ4v) is 3.08. The monoisotopic (exact) mass is 289 g/mol. The van der Waals surface area contributed by atoms with E-state index in [1.807, 2.05) is 30.3 Å². The van der Waals surface area contributed by atoms with Crippen molar-refractivity contribution in [1.82, 2.24) is 0 Å². The molecule has 22 heavy (non-hydrogen) atoms. The van der Waals surface area contributed by atoms with Gasteiger partial charge >= 0.3 is 5.97 Å². The maximum atomic E-state index is 11.7. The van der Waals surface area contributed by atoms with Crippen molar-refractivity contribution in [2.24, 2.45) is 0 Å². The minimum Gasteiger partial charge on any atom is -0.465 e. The maximum absolute atomic E-state index is 11.7. The van der Waals surface area contributed by atoms with Crippen LogP contribution in [0.3, 0.4) is 0 Å². The summed E-state index contributed by atoms with van der Waals surface area (Å²) in [6.45, 7) is 0. The summed E-state index contributed by atoms with van der Waals surface area (Å²) in [6, 6.07) is 18.2. The van der Waals surface area contributed by atoms with Crippen LogP contribution in [0.5, 0.6) is 0 Å². The number of rotatable bonds is 1. The van der Waals surface area contributed by atoms with Gasteiger partial charge in [-0.2, -0.15) is 0 Å². The van der Waals surface area contributed by atoms with Crippen molar-refractivity contribution in [2.45, 2.75) is 6.42 Å². The molecule has 1 aliphatic rings. The number of hydrogen-bond donors (Lipinski definition) is 1. The predicted molar refractivity (Wildman–Crippen MR) is 87.8 cm³/mol. The predicted octanol–water partition coefficient (Wildman–Crippen LogP) is 4.27. The Kier molecular flexibility index (Phi) is 2.86. The molecule has 108 valence electrons. The quantitative estimate of drug-likeness (QED) is 0.532. The van der Waals surface area contributed by atoms with Crippen LogP contribution in [0.15, 0.2) is 54.6 Å². The van der Waals surface area contributed by atoms with Gasteiger partial charge in [-0.05, 0) is 46.2 Å². The first-order valence-electron chi connectivity index (χ1n) is 7.25. The Bertz CT molecular complexity index is 899. The van der Waals surface area contributed by atoms with Gasteiger partial charge in [0.2, 0.25) is 0 Å². The molecule has 1 N–H and O–H groups in total. The number of methoxy groups -OCH3 is 1. The minimum absolute atomic E-state index is 0.303. The Morgan fingerprint density at radius 1 is 1.05 bits per heavy atom. The Morgan fingerprint density at radius 3 is 2.77 bits per heavy atom. The number of fused-ring (bicyclic) bond motifs is 4. The summed E-state index contributed by atoms with van der Waals surface area (Å²) in [5.74, 6) is -0.303. The van der Waals surface area contributed by atoms with Crippen LogP contribution in [0.4, 0.5) is 11.4 Å². The molecule has 0 bridgehead atoms. The van der Waals surface area contributed by atoms with E-state index in [0.717, 1.165) is 17.5 Å². The molecule has 1 aliphatic heterocycles. The second-order valence-corrected chi connectivity index (χ2v) is 5.48. The van der Waals surface area contributed by atoms with E-state index in [2.05, 4.69) is 29.6 Å². The smallest absolute Gasteiger partial charge is 0.337 e. The van der Waals surface area contributed by atoms with Crippen molar-refractivity contribution in [2.75, 3.05) is 12.4 Å². The number of ether oxygens (including phenoxy) is 1. The number of carbonyl (C=O) groups is 1. The van der Waals surface area contributed by atoms with E-state index in [1.165, 1.54) is 29.3 Å². The van der Waals surface area contributed by atoms with Crippen LogP contribution in [0.1, 0.15) is 21.5 Å². The van der Waals surface area contributed by atoms with Crippen LogP contribution in [-0.4, -0.2) is 13.1 Å². The van der Waals surface area contributed by atoms with E-state index in [9.17, 15) is 4.79 Å². The van der Waals surface area contributed by atoms with Gasteiger partial charge in [-0.25, -0.2) is 4.79 Å². The third-order valence-electron chi connectivity index (χ3n) is 4.21. The molecule has 0 unspecified atom stereocenters. The number of esters is 1. The summed E-state index contributed by atoms with van der Waals surface area (Å²) >= 11 is 0. The highest BCUT2D eigenvalue weighted by Crippen LogP contribution is 2.37. The number of carbonyl (C=O) groups excluding carboxylic acids is 1. The SMILES string of the molecule is COC(=O)c1ccc2c3c(ccc2c1)Nc1ccccc1C3. The van der Waals surface area contributed by atoms with Gasteiger partial charge in [0.05, 0.1) is 12.7 Å². The van der Waals surface area contributed by atoms with Crippen LogP contribution in [-0.2, 0) is 11.2 Å². The number of hydrogen-bond acceptors (Lipinski definition) is 3. The molecule has 0 aromatic heterocycles. The van der Waals surface area contributed by atoms with Gasteiger partial charge in [-0.15, -0.1) is 0 Å². The van der Waals surface area contributed by atoms with Gasteiger partial charge in [0.15, 0.2) is 0 Å². The van der Waals surface area contributed by atoms with Crippen LogP contribution < -0.4 is 5.32 Å². The van der Waals surface area contributed by atoms with Crippen molar-refractivity contribution in [3.05, 3.63) is 71.3 Å². The average Bonchev–Trinajstić information content (AvgIpc) is 2.58. The third-order valence-corrected chi connectivity index (χ3v) is 4.21. The first-order valence-corrected chi connectivity index (χ1v) is 7.25. The molecule has 0 fully saturated rings. The van der Waals surface area contributed by atoms with Gasteiger partial charge in [0.25, 0.3) is 0 Å². The van der Waals surface area contributed by atoms with Gasteiger partial charge in [0.1, 0.15) is 0 Å². The zero-order valence-corrected chi connectivity index (χ0v) is 12.2. The summed E-state index contributed by atoms with van der Waals surface area (Å²) in [7, 11) is 1.40. The standard InChI is InChI=1S/C19H15NO2/c1-22-19(21)14-6-8-15-12(10-14)7-9-18-16(15)11-13-4-2-3-5-17(13)20-18/h2-10,20H,11H2,1H3. The van der Waals surface area contributed by atoms with Gasteiger partial charge < -0.3 is 10.1 Å². The number of anilines is 2. The number of benzene rings is 3. The topological polar surface area (TPSA) is 38.3 Å². The molecule has 3 aromatic rings. The van der Waals surface area contributed by atoms with Gasteiger partial charge in [-0.1, -0.05) is 30.3 Å². The van der Waals surface area contributed by atoms with Crippen LogP contribution >= 0.6 is 0 Å². The average molecular weight is 289 g/mol. The van der Waals surface area contributed by atoms with Crippen molar-refractivity contribution < 1.29 is 9.53 Å². The summed E-state index contributed by atoms with van der Waals surface area (Å²) in [4.78, 5) is 11.7. The molecule has 0 atom stereocenters. The van der Waals surface area contributed by atoms with Crippen molar-refractivity contribution in [3.8, 4) is 0 Å². The van der Waals surface area contributed by atoms with E-state index in [4.69, 9.17) is 4.74 Å². The molecular weight excluding hydrogens is 274 g/mol. The molecule has 0 spiro atoms. The highest BCUT2D eigenvalue weighted by atomic mass is 16.5. The summed E-state index contributed by atoms with van der Waals surface area (Å²) in [5.41, 5.74) is 5.45. The molecule has 0 radical (unpaired) electrons. The Morgan fingerprint density at radius 2 is 1.91 bits per heavy atom. The number of nitrogens with one attached hydrogen (secondary N) is 1. The van der Waals surface area contributed by atoms with E-state index >= 15 is 0 Å². The fraction of sp³-hybridized carbons (Fsp3) is 0.105.